The van der Waals surface area contributed by atoms with E-state index in [-0.39, 0.29) is 23.9 Å². The number of anilines is 1. The molecule has 2 aliphatic rings. The summed E-state index contributed by atoms with van der Waals surface area (Å²) in [5, 5.41) is 7.78. The molecule has 1 aromatic heterocycles. The van der Waals surface area contributed by atoms with Crippen LogP contribution in [0.25, 0.3) is 22.0 Å². The first kappa shape index (κ1) is 28.9. The van der Waals surface area contributed by atoms with Crippen LogP contribution in [0, 0.1) is 0 Å². The van der Waals surface area contributed by atoms with Crippen LogP contribution in [0.3, 0.4) is 0 Å². The third kappa shape index (κ3) is 6.19. The number of nitrogens with zero attached hydrogens (tertiary/aromatic N) is 4. The van der Waals surface area contributed by atoms with Crippen molar-refractivity contribution in [3.8, 4) is 22.6 Å². The van der Waals surface area contributed by atoms with Gasteiger partial charge in [0.15, 0.2) is 0 Å². The molecule has 2 saturated heterocycles. The number of methoxy groups -OCH3 is 2. The summed E-state index contributed by atoms with van der Waals surface area (Å²) in [7, 11) is 3.06. The van der Waals surface area contributed by atoms with Crippen LogP contribution in [-0.4, -0.2) is 90.6 Å². The van der Waals surface area contributed by atoms with Crippen molar-refractivity contribution in [2.24, 2.45) is 0 Å². The van der Waals surface area contributed by atoms with E-state index in [1.54, 1.807) is 17.2 Å². The second kappa shape index (κ2) is 12.5. The molecule has 0 saturated carbocycles. The largest absolute Gasteiger partial charge is 0.495 e. The topological polar surface area (TPSA) is 109 Å². The van der Waals surface area contributed by atoms with E-state index >= 15 is 0 Å². The Labute approximate surface area is 248 Å². The quantitative estimate of drug-likeness (QED) is 0.356. The van der Waals surface area contributed by atoms with Crippen molar-refractivity contribution in [1.82, 2.24) is 25.1 Å². The van der Waals surface area contributed by atoms with Gasteiger partial charge in [0.05, 0.1) is 48.4 Å². The Balaban J connectivity index is 1.37. The van der Waals surface area contributed by atoms with Gasteiger partial charge in [-0.25, -0.2) is 9.97 Å². The number of hydrogen-bond acceptors (Lipinski definition) is 8. The fourth-order valence-electron chi connectivity index (χ4n) is 5.34. The third-order valence-electron chi connectivity index (χ3n) is 7.50. The molecule has 0 bridgehead atoms. The van der Waals surface area contributed by atoms with Crippen molar-refractivity contribution in [2.75, 3.05) is 52.3 Å². The number of rotatable bonds is 9. The van der Waals surface area contributed by atoms with E-state index in [9.17, 15) is 9.59 Å². The number of halogens is 2. The molecule has 2 fully saturated rings. The highest BCUT2D eigenvalue weighted by molar-refractivity contribution is 6.41. The van der Waals surface area contributed by atoms with Gasteiger partial charge in [0.1, 0.15) is 11.5 Å². The van der Waals surface area contributed by atoms with Crippen LogP contribution in [-0.2, 0) is 9.59 Å². The van der Waals surface area contributed by atoms with E-state index in [2.05, 4.69) is 27.1 Å². The number of hydrogen-bond donors (Lipinski definition) is 2. The van der Waals surface area contributed by atoms with Gasteiger partial charge < -0.3 is 25.0 Å². The summed E-state index contributed by atoms with van der Waals surface area (Å²) in [6.45, 7) is 6.63. The minimum Gasteiger partial charge on any atom is -0.495 e. The van der Waals surface area contributed by atoms with Crippen molar-refractivity contribution in [3.63, 3.8) is 0 Å². The highest BCUT2D eigenvalue weighted by Crippen LogP contribution is 2.46. The van der Waals surface area contributed by atoms with Crippen LogP contribution in [0.5, 0.6) is 11.5 Å². The van der Waals surface area contributed by atoms with E-state index < -0.39 is 0 Å². The molecule has 2 aromatic carbocycles. The van der Waals surface area contributed by atoms with Gasteiger partial charge in [0.2, 0.25) is 17.8 Å². The van der Waals surface area contributed by atoms with Gasteiger partial charge >= 0.3 is 0 Å². The average Bonchev–Trinajstić information content (AvgIpc) is 3.63. The molecule has 10 nitrogen and oxygen atoms in total. The van der Waals surface area contributed by atoms with Crippen LogP contribution < -0.4 is 20.1 Å². The lowest BCUT2D eigenvalue weighted by Gasteiger charge is -2.20. The molecule has 41 heavy (non-hydrogen) atoms. The fourth-order valence-corrected chi connectivity index (χ4v) is 6.06. The fraction of sp³-hybridized carbons (Fsp3) is 0.379. The summed E-state index contributed by atoms with van der Waals surface area (Å²) >= 11 is 13.2. The molecule has 3 heterocycles. The molecular weight excluding hydrogens is 567 g/mol. The Morgan fingerprint density at radius 3 is 2.41 bits per heavy atom. The zero-order valence-electron chi connectivity index (χ0n) is 23.0. The van der Waals surface area contributed by atoms with Crippen LogP contribution in [0.4, 0.5) is 5.95 Å². The molecule has 5 rings (SSSR count). The van der Waals surface area contributed by atoms with Gasteiger partial charge in [-0.2, -0.15) is 0 Å². The van der Waals surface area contributed by atoms with Crippen LogP contribution in [0.1, 0.15) is 12.8 Å². The molecule has 2 N–H and O–H groups in total. The Hall–Kier alpha value is -3.60. The first-order valence-electron chi connectivity index (χ1n) is 13.4. The minimum absolute atomic E-state index is 0.0486. The molecule has 0 aliphatic carbocycles. The highest BCUT2D eigenvalue weighted by atomic mass is 35.5. The van der Waals surface area contributed by atoms with E-state index in [1.807, 2.05) is 18.2 Å². The van der Waals surface area contributed by atoms with Crippen LogP contribution >= 0.6 is 23.2 Å². The summed E-state index contributed by atoms with van der Waals surface area (Å²) in [5.41, 5.74) is 2.03. The third-order valence-corrected chi connectivity index (χ3v) is 8.25. The first-order valence-corrected chi connectivity index (χ1v) is 14.1. The summed E-state index contributed by atoms with van der Waals surface area (Å²) < 4.78 is 10.8. The number of likely N-dealkylation sites (tertiary alicyclic amines) is 2. The second-order valence-corrected chi connectivity index (χ2v) is 10.9. The van der Waals surface area contributed by atoms with Crippen molar-refractivity contribution < 1.29 is 19.1 Å². The number of amides is 2. The Morgan fingerprint density at radius 1 is 1.07 bits per heavy atom. The van der Waals surface area contributed by atoms with E-state index in [0.717, 1.165) is 36.9 Å². The van der Waals surface area contributed by atoms with Gasteiger partial charge in [0, 0.05) is 36.3 Å². The van der Waals surface area contributed by atoms with Crippen molar-refractivity contribution >= 4 is 51.9 Å². The summed E-state index contributed by atoms with van der Waals surface area (Å²) in [6, 6.07) is 6.66. The van der Waals surface area contributed by atoms with Crippen molar-refractivity contribution in [2.45, 2.75) is 24.9 Å². The van der Waals surface area contributed by atoms with Crippen molar-refractivity contribution in [3.05, 3.63) is 53.2 Å². The number of ether oxygens (including phenoxy) is 2. The number of carbonyl (C=O) groups is 2. The van der Waals surface area contributed by atoms with E-state index in [1.165, 1.54) is 20.3 Å². The number of benzene rings is 2. The molecule has 12 heteroatoms. The molecule has 3 aromatic rings. The summed E-state index contributed by atoms with van der Waals surface area (Å²) in [4.78, 5) is 38.3. The standard InChI is InChI=1S/C29H32Cl2N6O4/c1-4-24(38)33-20-14-37(25(39)16-36-9-5-6-10-36)15-21(20)35-29-32-13-18-11-17(7-8-19(18)34-29)26-27(30)22(40-2)12-23(41-3)28(26)31/h4,7-8,11-13,20-21H,1,5-6,9-10,14-16H2,2-3H3,(H,33,38)(H,32,34,35)/t20-,21+/m0/s1. The predicted molar refractivity (Wildman–Crippen MR) is 160 cm³/mol. The molecule has 2 atom stereocenters. The van der Waals surface area contributed by atoms with Crippen LogP contribution in [0.2, 0.25) is 10.0 Å². The Bertz CT molecular complexity index is 1450. The van der Waals surface area contributed by atoms with Gasteiger partial charge in [-0.1, -0.05) is 35.8 Å². The molecule has 0 radical (unpaired) electrons. The van der Waals surface area contributed by atoms with Gasteiger partial charge in [-0.05, 0) is 49.7 Å². The van der Waals surface area contributed by atoms with Crippen molar-refractivity contribution in [1.29, 1.82) is 0 Å². The lowest BCUT2D eigenvalue weighted by Crippen LogP contribution is -2.45. The smallest absolute Gasteiger partial charge is 0.243 e. The maximum atomic E-state index is 13.0. The van der Waals surface area contributed by atoms with Crippen LogP contribution in [0.15, 0.2) is 43.1 Å². The molecule has 2 amide bonds. The Kier molecular flexibility index (Phi) is 8.82. The molecule has 0 unspecified atom stereocenters. The monoisotopic (exact) mass is 598 g/mol. The zero-order chi connectivity index (χ0) is 29.1. The number of carbonyl (C=O) groups excluding carboxylic acids is 2. The van der Waals surface area contributed by atoms with E-state index in [4.69, 9.17) is 37.7 Å². The molecular formula is C29H32Cl2N6O4. The highest BCUT2D eigenvalue weighted by Gasteiger charge is 2.37. The normalized spacial score (nSPS) is 18.9. The summed E-state index contributed by atoms with van der Waals surface area (Å²) in [6.07, 6.45) is 5.16. The molecule has 0 spiro atoms. The lowest BCUT2D eigenvalue weighted by atomic mass is 10.0. The average molecular weight is 600 g/mol. The van der Waals surface area contributed by atoms with E-state index in [0.29, 0.717) is 58.2 Å². The van der Waals surface area contributed by atoms with Gasteiger partial charge in [-0.15, -0.1) is 0 Å². The first-order chi connectivity index (χ1) is 19.8. The maximum Gasteiger partial charge on any atom is 0.243 e. The molecule has 216 valence electrons. The predicted octanol–water partition coefficient (Wildman–Crippen LogP) is 4.01. The number of nitrogens with one attached hydrogen (secondary N) is 2. The van der Waals surface area contributed by atoms with Gasteiger partial charge in [0.25, 0.3) is 0 Å². The Morgan fingerprint density at radius 2 is 1.76 bits per heavy atom. The minimum atomic E-state index is -0.322. The molecule has 2 aliphatic heterocycles. The zero-order valence-corrected chi connectivity index (χ0v) is 24.5. The van der Waals surface area contributed by atoms with Gasteiger partial charge in [-0.3, -0.25) is 14.5 Å². The maximum absolute atomic E-state index is 13.0. The number of fused-ring (bicyclic) bond motifs is 1. The lowest BCUT2D eigenvalue weighted by molar-refractivity contribution is -0.131. The second-order valence-electron chi connectivity index (χ2n) is 10.1. The number of aromatic nitrogens is 2. The summed E-state index contributed by atoms with van der Waals surface area (Å²) in [5.74, 6) is 1.03. The SMILES string of the molecule is C=CC(=O)N[C@H]1CN(C(=O)CN2CCCC2)C[C@H]1Nc1ncc2cc(-c3c(Cl)c(OC)cc(OC)c3Cl)ccc2n1.